The van der Waals surface area contributed by atoms with E-state index in [1.165, 1.54) is 103 Å². The maximum atomic E-state index is 11.4. The van der Waals surface area contributed by atoms with E-state index in [2.05, 4.69) is 13.8 Å². The van der Waals surface area contributed by atoms with E-state index in [0.29, 0.717) is 5.92 Å². The topological polar surface area (TPSA) is 37.3 Å². The normalized spacial score (nSPS) is 12.6. The maximum Gasteiger partial charge on any atom is 0.306 e. The van der Waals surface area contributed by atoms with Gasteiger partial charge in [0.25, 0.3) is 0 Å². The molecule has 26 heavy (non-hydrogen) atoms. The molecule has 1 atom stereocenters. The number of hydrogen-bond donors (Lipinski definition) is 1. The first kappa shape index (κ1) is 25.5. The Hall–Kier alpha value is -0.530. The maximum absolute atomic E-state index is 11.4. The lowest BCUT2D eigenvalue weighted by atomic mass is 9.84. The van der Waals surface area contributed by atoms with E-state index >= 15 is 0 Å². The quantitative estimate of drug-likeness (QED) is 0.219. The van der Waals surface area contributed by atoms with E-state index in [0.717, 1.165) is 12.8 Å². The van der Waals surface area contributed by atoms with E-state index in [1.807, 2.05) is 6.92 Å². The van der Waals surface area contributed by atoms with Crippen molar-refractivity contribution in [2.75, 3.05) is 0 Å². The summed E-state index contributed by atoms with van der Waals surface area (Å²) in [5.41, 5.74) is 0. The summed E-state index contributed by atoms with van der Waals surface area (Å²) in [5, 5.41) is 9.40. The molecule has 0 aromatic rings. The molecule has 0 amide bonds. The minimum absolute atomic E-state index is 0.177. The Bertz CT molecular complexity index is 281. The number of carbonyl (C=O) groups is 1. The molecule has 2 nitrogen and oxygen atoms in total. The summed E-state index contributed by atoms with van der Waals surface area (Å²) in [7, 11) is 0. The first-order chi connectivity index (χ1) is 12.6. The molecule has 0 spiro atoms. The third-order valence-corrected chi connectivity index (χ3v) is 5.95. The van der Waals surface area contributed by atoms with Crippen molar-refractivity contribution >= 4 is 5.97 Å². The average molecular weight is 369 g/mol. The van der Waals surface area contributed by atoms with Gasteiger partial charge in [-0.2, -0.15) is 0 Å². The second-order valence-electron chi connectivity index (χ2n) is 8.41. The van der Waals surface area contributed by atoms with E-state index < -0.39 is 5.97 Å². The highest BCUT2D eigenvalue weighted by molar-refractivity contribution is 5.69. The van der Waals surface area contributed by atoms with Crippen LogP contribution < -0.4 is 0 Å². The number of unbranched alkanes of at least 4 members (excludes halogenated alkanes) is 14. The van der Waals surface area contributed by atoms with Crippen LogP contribution in [0.25, 0.3) is 0 Å². The van der Waals surface area contributed by atoms with Crippen LogP contribution in [0.15, 0.2) is 0 Å². The van der Waals surface area contributed by atoms with Crippen LogP contribution in [0.1, 0.15) is 136 Å². The summed E-state index contributed by atoms with van der Waals surface area (Å²) in [6, 6.07) is 0. The van der Waals surface area contributed by atoms with Crippen molar-refractivity contribution in [3.05, 3.63) is 0 Å². The zero-order valence-electron chi connectivity index (χ0n) is 18.2. The van der Waals surface area contributed by atoms with Gasteiger partial charge in [0, 0.05) is 0 Å². The van der Waals surface area contributed by atoms with Gasteiger partial charge >= 0.3 is 5.97 Å². The van der Waals surface area contributed by atoms with Crippen molar-refractivity contribution in [1.29, 1.82) is 0 Å². The molecule has 0 aromatic heterocycles. The molecular formula is C24H48O2. The van der Waals surface area contributed by atoms with Crippen LogP contribution in [0.5, 0.6) is 0 Å². The molecule has 0 aliphatic heterocycles. The van der Waals surface area contributed by atoms with Crippen LogP contribution in [0, 0.1) is 11.8 Å². The predicted octanol–water partition coefficient (Wildman–Crippen LogP) is 8.38. The summed E-state index contributed by atoms with van der Waals surface area (Å²) in [5.74, 6) is -0.397. The van der Waals surface area contributed by atoms with Crippen molar-refractivity contribution in [3.8, 4) is 0 Å². The fourth-order valence-corrected chi connectivity index (χ4v) is 3.93. The standard InChI is InChI=1S/C24H48O2/c1-4-6-8-10-12-14-16-18-20-23(22(3)24(25)26)21-19-17-15-13-11-9-7-5-2/h22-23H,4-21H2,1-3H3,(H,25,26). The van der Waals surface area contributed by atoms with Gasteiger partial charge in [-0.25, -0.2) is 0 Å². The molecule has 2 heteroatoms. The molecule has 0 radical (unpaired) electrons. The Morgan fingerprint density at radius 2 is 0.923 bits per heavy atom. The van der Waals surface area contributed by atoms with Crippen molar-refractivity contribution in [3.63, 3.8) is 0 Å². The Balaban J connectivity index is 3.80. The van der Waals surface area contributed by atoms with Crippen LogP contribution in [0.4, 0.5) is 0 Å². The lowest BCUT2D eigenvalue weighted by Crippen LogP contribution is -2.20. The van der Waals surface area contributed by atoms with Gasteiger partial charge in [0.15, 0.2) is 0 Å². The van der Waals surface area contributed by atoms with Crippen LogP contribution in [0.2, 0.25) is 0 Å². The van der Waals surface area contributed by atoms with Gasteiger partial charge in [-0.1, -0.05) is 124 Å². The number of carboxylic acid groups (broad SMARTS) is 1. The van der Waals surface area contributed by atoms with Gasteiger partial charge < -0.3 is 5.11 Å². The summed E-state index contributed by atoms with van der Waals surface area (Å²) >= 11 is 0. The molecule has 0 aromatic carbocycles. The second kappa shape index (κ2) is 19.2. The minimum atomic E-state index is -0.603. The Labute approximate surface area is 164 Å². The highest BCUT2D eigenvalue weighted by atomic mass is 16.4. The van der Waals surface area contributed by atoms with Gasteiger partial charge in [0.2, 0.25) is 0 Å². The number of carboxylic acids is 1. The fraction of sp³-hybridized carbons (Fsp3) is 0.958. The van der Waals surface area contributed by atoms with Crippen LogP contribution in [0.3, 0.4) is 0 Å². The number of aliphatic carboxylic acids is 1. The molecule has 1 unspecified atom stereocenters. The van der Waals surface area contributed by atoms with Gasteiger partial charge in [0.05, 0.1) is 5.92 Å². The molecule has 0 saturated carbocycles. The SMILES string of the molecule is CCCCCCCCCCC(CCCCCCCCCC)C(C)C(=O)O. The summed E-state index contributed by atoms with van der Waals surface area (Å²) in [6.45, 7) is 6.44. The summed E-state index contributed by atoms with van der Waals surface area (Å²) in [4.78, 5) is 11.4. The van der Waals surface area contributed by atoms with Gasteiger partial charge in [-0.15, -0.1) is 0 Å². The third kappa shape index (κ3) is 15.7. The van der Waals surface area contributed by atoms with Gasteiger partial charge in [0.1, 0.15) is 0 Å². The van der Waals surface area contributed by atoms with Crippen molar-refractivity contribution in [2.45, 2.75) is 136 Å². The van der Waals surface area contributed by atoms with Crippen LogP contribution >= 0.6 is 0 Å². The molecule has 0 bridgehead atoms. The second-order valence-corrected chi connectivity index (χ2v) is 8.41. The minimum Gasteiger partial charge on any atom is -0.481 e. The predicted molar refractivity (Wildman–Crippen MR) is 115 cm³/mol. The highest BCUT2D eigenvalue weighted by Gasteiger charge is 2.22. The first-order valence-electron chi connectivity index (χ1n) is 11.9. The van der Waals surface area contributed by atoms with Gasteiger partial charge in [-0.3, -0.25) is 4.79 Å². The lowest BCUT2D eigenvalue weighted by molar-refractivity contribution is -0.143. The molecule has 156 valence electrons. The van der Waals surface area contributed by atoms with Crippen LogP contribution in [-0.2, 0) is 4.79 Å². The molecule has 0 fully saturated rings. The first-order valence-corrected chi connectivity index (χ1v) is 11.9. The lowest BCUT2D eigenvalue weighted by Gasteiger charge is -2.21. The molecule has 1 N–H and O–H groups in total. The summed E-state index contributed by atoms with van der Waals surface area (Å²) in [6.07, 6.45) is 23.5. The molecule has 0 aliphatic carbocycles. The van der Waals surface area contributed by atoms with Crippen LogP contribution in [-0.4, -0.2) is 11.1 Å². The Kier molecular flexibility index (Phi) is 18.8. The zero-order chi connectivity index (χ0) is 19.5. The summed E-state index contributed by atoms with van der Waals surface area (Å²) < 4.78 is 0. The Morgan fingerprint density at radius 1 is 0.615 bits per heavy atom. The third-order valence-electron chi connectivity index (χ3n) is 5.95. The molecular weight excluding hydrogens is 320 g/mol. The number of rotatable bonds is 20. The molecule has 0 rings (SSSR count). The smallest absolute Gasteiger partial charge is 0.306 e. The van der Waals surface area contributed by atoms with Crippen molar-refractivity contribution in [1.82, 2.24) is 0 Å². The molecule has 0 aliphatic rings. The number of hydrogen-bond acceptors (Lipinski definition) is 1. The van der Waals surface area contributed by atoms with Gasteiger partial charge in [-0.05, 0) is 18.8 Å². The highest BCUT2D eigenvalue weighted by Crippen LogP contribution is 2.26. The average Bonchev–Trinajstić information content (AvgIpc) is 2.63. The molecule has 0 saturated heterocycles. The molecule has 0 heterocycles. The zero-order valence-corrected chi connectivity index (χ0v) is 18.2. The van der Waals surface area contributed by atoms with E-state index in [-0.39, 0.29) is 5.92 Å². The van der Waals surface area contributed by atoms with E-state index in [1.54, 1.807) is 0 Å². The monoisotopic (exact) mass is 368 g/mol. The van der Waals surface area contributed by atoms with E-state index in [9.17, 15) is 9.90 Å². The fourth-order valence-electron chi connectivity index (χ4n) is 3.93. The van der Waals surface area contributed by atoms with E-state index in [4.69, 9.17) is 0 Å². The van der Waals surface area contributed by atoms with Crippen molar-refractivity contribution < 1.29 is 9.90 Å². The van der Waals surface area contributed by atoms with Crippen molar-refractivity contribution in [2.24, 2.45) is 11.8 Å². The Morgan fingerprint density at radius 3 is 1.23 bits per heavy atom. The largest absolute Gasteiger partial charge is 0.481 e.